The second-order valence-corrected chi connectivity index (χ2v) is 6.75. The van der Waals surface area contributed by atoms with Crippen LogP contribution in [0.4, 0.5) is 19.0 Å². The first-order chi connectivity index (χ1) is 13.2. The number of anilines is 1. The Morgan fingerprint density at radius 2 is 2.11 bits per heavy atom. The summed E-state index contributed by atoms with van der Waals surface area (Å²) < 4.78 is 37.9. The lowest BCUT2D eigenvalue weighted by Gasteiger charge is -2.21. The van der Waals surface area contributed by atoms with Crippen LogP contribution in [0.3, 0.4) is 0 Å². The van der Waals surface area contributed by atoms with E-state index >= 15 is 0 Å². The molecule has 0 bridgehead atoms. The third-order valence-corrected chi connectivity index (χ3v) is 4.78. The summed E-state index contributed by atoms with van der Waals surface area (Å²) in [4.78, 5) is 22.6. The summed E-state index contributed by atoms with van der Waals surface area (Å²) in [6, 6.07) is 1.09. The number of H-pyrrole nitrogens is 1. The summed E-state index contributed by atoms with van der Waals surface area (Å²) in [7, 11) is 1.52. The Kier molecular flexibility index (Phi) is 5.54. The molecular formula is C17H22F3N7O. The lowest BCUT2D eigenvalue weighted by molar-refractivity contribution is -0.141. The monoisotopic (exact) mass is 397 g/mol. The van der Waals surface area contributed by atoms with E-state index in [1.54, 1.807) is 0 Å². The zero-order chi connectivity index (χ0) is 20.5. The van der Waals surface area contributed by atoms with Crippen LogP contribution in [0.15, 0.2) is 6.07 Å². The summed E-state index contributed by atoms with van der Waals surface area (Å²) in [5.74, 6) is 0.475. The Hall–Kier alpha value is -2.69. The molecule has 1 aliphatic rings. The Morgan fingerprint density at radius 3 is 2.75 bits per heavy atom. The fraction of sp³-hybridized carbons (Fsp3) is 0.529. The number of alkyl halides is 3. The largest absolute Gasteiger partial charge is 0.435 e. The van der Waals surface area contributed by atoms with Gasteiger partial charge >= 0.3 is 6.18 Å². The quantitative estimate of drug-likeness (QED) is 0.708. The van der Waals surface area contributed by atoms with E-state index < -0.39 is 11.9 Å². The number of halogens is 3. The third-order valence-electron chi connectivity index (χ3n) is 4.78. The van der Waals surface area contributed by atoms with Gasteiger partial charge in [0.15, 0.2) is 5.69 Å². The molecule has 1 saturated heterocycles. The van der Waals surface area contributed by atoms with Crippen molar-refractivity contribution in [3.63, 3.8) is 0 Å². The third kappa shape index (κ3) is 4.24. The number of carbonyl (C=O) groups is 1. The van der Waals surface area contributed by atoms with Crippen LogP contribution in [0.25, 0.3) is 0 Å². The van der Waals surface area contributed by atoms with Gasteiger partial charge in [-0.2, -0.15) is 18.3 Å². The summed E-state index contributed by atoms with van der Waals surface area (Å²) in [6.07, 6.45) is -3.65. The molecule has 0 saturated carbocycles. The number of carbonyl (C=O) groups excluding carboxylic acids is 1. The lowest BCUT2D eigenvalue weighted by atomic mass is 10.2. The standard InChI is InChI=1S/C17H22F3N7O/c1-9-10(2)23-14(16(28)21-3)24-15(9)27-5-4-11(8-27)22-7-12-6-13(26-25-12)17(18,19)20/h6,11,22H,4-5,7-8H2,1-3H3,(H,21,28)(H,25,26)/t11-/m1/s1. The molecule has 3 N–H and O–H groups in total. The summed E-state index contributed by atoms with van der Waals surface area (Å²) >= 11 is 0. The number of hydrogen-bond donors (Lipinski definition) is 3. The highest BCUT2D eigenvalue weighted by atomic mass is 19.4. The van der Waals surface area contributed by atoms with Gasteiger partial charge in [0.25, 0.3) is 5.91 Å². The van der Waals surface area contributed by atoms with Gasteiger partial charge < -0.3 is 15.5 Å². The highest BCUT2D eigenvalue weighted by Crippen LogP contribution is 2.28. The molecule has 0 radical (unpaired) electrons. The zero-order valence-electron chi connectivity index (χ0n) is 15.8. The number of aromatic amines is 1. The van der Waals surface area contributed by atoms with Gasteiger partial charge in [-0.3, -0.25) is 9.89 Å². The molecule has 152 valence electrons. The van der Waals surface area contributed by atoms with Gasteiger partial charge in [-0.05, 0) is 26.3 Å². The van der Waals surface area contributed by atoms with Gasteiger partial charge in [0.1, 0.15) is 5.82 Å². The minimum Gasteiger partial charge on any atom is -0.355 e. The minimum atomic E-state index is -4.45. The molecule has 0 aromatic carbocycles. The van der Waals surface area contributed by atoms with E-state index in [0.29, 0.717) is 18.1 Å². The molecule has 1 aliphatic heterocycles. The first kappa shape index (κ1) is 20.1. The molecule has 1 atom stereocenters. The van der Waals surface area contributed by atoms with E-state index in [9.17, 15) is 18.0 Å². The molecule has 0 spiro atoms. The lowest BCUT2D eigenvalue weighted by Crippen LogP contribution is -2.33. The molecule has 1 fully saturated rings. The highest BCUT2D eigenvalue weighted by molar-refractivity contribution is 5.90. The van der Waals surface area contributed by atoms with E-state index in [4.69, 9.17) is 0 Å². The predicted octanol–water partition coefficient (Wildman–Crippen LogP) is 1.56. The second kappa shape index (κ2) is 7.74. The Labute approximate surface area is 159 Å². The van der Waals surface area contributed by atoms with Crippen molar-refractivity contribution in [1.82, 2.24) is 30.8 Å². The Bertz CT molecular complexity index is 865. The van der Waals surface area contributed by atoms with Crippen molar-refractivity contribution in [2.75, 3.05) is 25.0 Å². The number of rotatable bonds is 5. The first-order valence-corrected chi connectivity index (χ1v) is 8.86. The number of nitrogens with zero attached hydrogens (tertiary/aromatic N) is 4. The van der Waals surface area contributed by atoms with E-state index in [1.807, 2.05) is 13.8 Å². The van der Waals surface area contributed by atoms with E-state index in [0.717, 1.165) is 30.3 Å². The molecule has 0 unspecified atom stereocenters. The van der Waals surface area contributed by atoms with Gasteiger partial charge in [-0.15, -0.1) is 0 Å². The van der Waals surface area contributed by atoms with Crippen molar-refractivity contribution in [2.24, 2.45) is 0 Å². The van der Waals surface area contributed by atoms with Gasteiger partial charge in [-0.1, -0.05) is 0 Å². The average Bonchev–Trinajstić information content (AvgIpc) is 3.30. The number of nitrogens with one attached hydrogen (secondary N) is 3. The van der Waals surface area contributed by atoms with Crippen molar-refractivity contribution in [2.45, 2.75) is 39.0 Å². The van der Waals surface area contributed by atoms with Gasteiger partial charge in [-0.25, -0.2) is 9.97 Å². The van der Waals surface area contributed by atoms with Crippen molar-refractivity contribution in [1.29, 1.82) is 0 Å². The molecule has 8 nitrogen and oxygen atoms in total. The van der Waals surface area contributed by atoms with Crippen molar-refractivity contribution >= 4 is 11.7 Å². The molecule has 0 aliphatic carbocycles. The van der Waals surface area contributed by atoms with Crippen LogP contribution in [-0.4, -0.2) is 52.3 Å². The molecule has 2 aromatic heterocycles. The number of aryl methyl sites for hydroxylation is 1. The summed E-state index contributed by atoms with van der Waals surface area (Å²) in [5.41, 5.74) is 1.08. The van der Waals surface area contributed by atoms with E-state index in [2.05, 4.69) is 35.7 Å². The highest BCUT2D eigenvalue weighted by Gasteiger charge is 2.34. The van der Waals surface area contributed by atoms with Gasteiger partial charge in [0, 0.05) is 49.7 Å². The molecule has 3 heterocycles. The molecule has 11 heteroatoms. The predicted molar refractivity (Wildman–Crippen MR) is 95.9 cm³/mol. The van der Waals surface area contributed by atoms with Crippen LogP contribution < -0.4 is 15.5 Å². The summed E-state index contributed by atoms with van der Waals surface area (Å²) in [5, 5.41) is 11.5. The van der Waals surface area contributed by atoms with Crippen LogP contribution in [0.5, 0.6) is 0 Å². The van der Waals surface area contributed by atoms with Gasteiger partial charge in [0.2, 0.25) is 5.82 Å². The zero-order valence-corrected chi connectivity index (χ0v) is 15.8. The molecule has 28 heavy (non-hydrogen) atoms. The molecule has 1 amide bonds. The van der Waals surface area contributed by atoms with E-state index in [-0.39, 0.29) is 24.3 Å². The normalized spacial score (nSPS) is 17.2. The van der Waals surface area contributed by atoms with Crippen molar-refractivity contribution < 1.29 is 18.0 Å². The fourth-order valence-electron chi connectivity index (χ4n) is 3.11. The summed E-state index contributed by atoms with van der Waals surface area (Å²) in [6.45, 7) is 5.34. The van der Waals surface area contributed by atoms with Crippen molar-refractivity contribution in [3.05, 3.63) is 34.5 Å². The minimum absolute atomic E-state index is 0.0794. The van der Waals surface area contributed by atoms with Crippen molar-refractivity contribution in [3.8, 4) is 0 Å². The molecule has 2 aromatic rings. The number of amides is 1. The van der Waals surface area contributed by atoms with Gasteiger partial charge in [0.05, 0.1) is 0 Å². The Morgan fingerprint density at radius 1 is 1.36 bits per heavy atom. The van der Waals surface area contributed by atoms with Crippen LogP contribution in [0, 0.1) is 13.8 Å². The number of aromatic nitrogens is 4. The maximum atomic E-state index is 12.6. The number of hydrogen-bond acceptors (Lipinski definition) is 6. The molecular weight excluding hydrogens is 375 g/mol. The maximum absolute atomic E-state index is 12.6. The maximum Gasteiger partial charge on any atom is 0.435 e. The van der Waals surface area contributed by atoms with Crippen LogP contribution in [0.2, 0.25) is 0 Å². The smallest absolute Gasteiger partial charge is 0.355 e. The average molecular weight is 397 g/mol. The van der Waals surface area contributed by atoms with Crippen LogP contribution >= 0.6 is 0 Å². The fourth-order valence-corrected chi connectivity index (χ4v) is 3.11. The SMILES string of the molecule is CNC(=O)c1nc(C)c(C)c(N2CC[C@@H](NCc3cc(C(F)(F)F)n[nH]3)C2)n1. The first-order valence-electron chi connectivity index (χ1n) is 8.86. The van der Waals surface area contributed by atoms with Crippen LogP contribution in [-0.2, 0) is 12.7 Å². The molecule has 3 rings (SSSR count). The Balaban J connectivity index is 1.65. The van der Waals surface area contributed by atoms with E-state index in [1.165, 1.54) is 7.05 Å². The van der Waals surface area contributed by atoms with Crippen LogP contribution in [0.1, 0.15) is 39.7 Å². The topological polar surface area (TPSA) is 98.8 Å². The second-order valence-electron chi connectivity index (χ2n) is 6.75.